The van der Waals surface area contributed by atoms with Crippen LogP contribution in [0.1, 0.15) is 30.7 Å². The third-order valence-electron chi connectivity index (χ3n) is 3.83. The number of nitrogens with one attached hydrogen (secondary N) is 1. The zero-order valence-corrected chi connectivity index (χ0v) is 13.0. The van der Waals surface area contributed by atoms with E-state index in [1.165, 1.54) is 16.8 Å². The van der Waals surface area contributed by atoms with Crippen molar-refractivity contribution >= 4 is 0 Å². The molecule has 1 unspecified atom stereocenters. The van der Waals surface area contributed by atoms with Crippen LogP contribution in [-0.4, -0.2) is 21.9 Å². The summed E-state index contributed by atoms with van der Waals surface area (Å²) in [6.45, 7) is 8.07. The molecule has 0 radical (unpaired) electrons. The Balaban J connectivity index is 1.65. The molecule has 2 aromatic rings. The van der Waals surface area contributed by atoms with E-state index in [1.54, 1.807) is 0 Å². The van der Waals surface area contributed by atoms with E-state index in [4.69, 9.17) is 4.74 Å². The number of rotatable bonds is 5. The zero-order chi connectivity index (χ0) is 14.8. The number of aryl methyl sites for hydroxylation is 1. The lowest BCUT2D eigenvalue weighted by Crippen LogP contribution is -2.27. The first-order valence-corrected chi connectivity index (χ1v) is 7.62. The summed E-state index contributed by atoms with van der Waals surface area (Å²) >= 11 is 0. The van der Waals surface area contributed by atoms with Gasteiger partial charge in [0, 0.05) is 25.2 Å². The van der Waals surface area contributed by atoms with Crippen molar-refractivity contribution in [3.05, 3.63) is 47.3 Å². The van der Waals surface area contributed by atoms with Crippen molar-refractivity contribution in [2.45, 2.75) is 52.4 Å². The second kappa shape index (κ2) is 5.90. The van der Waals surface area contributed by atoms with Gasteiger partial charge in [-0.1, -0.05) is 31.5 Å². The molecule has 1 aromatic heterocycles. The van der Waals surface area contributed by atoms with Crippen LogP contribution in [0.5, 0.6) is 5.75 Å². The molecule has 0 aliphatic carbocycles. The standard InChI is InChI=1S/C17H23N3O/c1-12(2)18-10-15-6-7-19-20(15)11-16-9-14-8-13(3)4-5-17(14)21-16/h4-8,12,16,18H,9-11H2,1-3H3. The van der Waals surface area contributed by atoms with Gasteiger partial charge in [0.15, 0.2) is 0 Å². The smallest absolute Gasteiger partial charge is 0.123 e. The van der Waals surface area contributed by atoms with E-state index in [9.17, 15) is 0 Å². The Morgan fingerprint density at radius 3 is 3.05 bits per heavy atom. The molecule has 0 amide bonds. The van der Waals surface area contributed by atoms with Crippen molar-refractivity contribution in [3.8, 4) is 5.75 Å². The Morgan fingerprint density at radius 1 is 1.38 bits per heavy atom. The SMILES string of the molecule is Cc1ccc2c(c1)CC(Cn1nccc1CNC(C)C)O2. The summed E-state index contributed by atoms with van der Waals surface area (Å²) in [5, 5.41) is 7.87. The van der Waals surface area contributed by atoms with Gasteiger partial charge in [-0.2, -0.15) is 5.10 Å². The summed E-state index contributed by atoms with van der Waals surface area (Å²) in [4.78, 5) is 0. The number of hydrogen-bond acceptors (Lipinski definition) is 3. The van der Waals surface area contributed by atoms with Gasteiger partial charge in [0.1, 0.15) is 11.9 Å². The summed E-state index contributed by atoms with van der Waals surface area (Å²) in [7, 11) is 0. The van der Waals surface area contributed by atoms with E-state index >= 15 is 0 Å². The summed E-state index contributed by atoms with van der Waals surface area (Å²) in [5.41, 5.74) is 3.81. The predicted octanol–water partition coefficient (Wildman–Crippen LogP) is 2.69. The van der Waals surface area contributed by atoms with Crippen molar-refractivity contribution in [2.75, 3.05) is 0 Å². The van der Waals surface area contributed by atoms with Crippen molar-refractivity contribution in [1.82, 2.24) is 15.1 Å². The first-order valence-electron chi connectivity index (χ1n) is 7.62. The molecule has 4 heteroatoms. The molecule has 0 saturated heterocycles. The molecular weight excluding hydrogens is 262 g/mol. The molecular formula is C17H23N3O. The molecule has 1 N–H and O–H groups in total. The van der Waals surface area contributed by atoms with Crippen LogP contribution in [0.2, 0.25) is 0 Å². The van der Waals surface area contributed by atoms with E-state index in [0.717, 1.165) is 25.3 Å². The second-order valence-electron chi connectivity index (χ2n) is 6.10. The number of benzene rings is 1. The van der Waals surface area contributed by atoms with E-state index < -0.39 is 0 Å². The lowest BCUT2D eigenvalue weighted by molar-refractivity contribution is 0.201. The van der Waals surface area contributed by atoms with Crippen LogP contribution in [0.25, 0.3) is 0 Å². The summed E-state index contributed by atoms with van der Waals surface area (Å²) in [6, 6.07) is 8.95. The number of hydrogen-bond donors (Lipinski definition) is 1. The normalized spacial score (nSPS) is 17.0. The van der Waals surface area contributed by atoms with Gasteiger partial charge in [0.25, 0.3) is 0 Å². The molecule has 0 bridgehead atoms. The van der Waals surface area contributed by atoms with Crippen molar-refractivity contribution in [3.63, 3.8) is 0 Å². The van der Waals surface area contributed by atoms with Gasteiger partial charge in [0.2, 0.25) is 0 Å². The van der Waals surface area contributed by atoms with Crippen LogP contribution >= 0.6 is 0 Å². The van der Waals surface area contributed by atoms with Crippen LogP contribution in [0.15, 0.2) is 30.5 Å². The van der Waals surface area contributed by atoms with Crippen molar-refractivity contribution in [1.29, 1.82) is 0 Å². The maximum absolute atomic E-state index is 6.03. The maximum atomic E-state index is 6.03. The molecule has 1 aromatic carbocycles. The van der Waals surface area contributed by atoms with E-state index in [0.29, 0.717) is 6.04 Å². The van der Waals surface area contributed by atoms with E-state index in [2.05, 4.69) is 60.1 Å². The molecule has 1 aliphatic heterocycles. The van der Waals surface area contributed by atoms with Gasteiger partial charge in [-0.15, -0.1) is 0 Å². The predicted molar refractivity (Wildman–Crippen MR) is 83.5 cm³/mol. The first-order chi connectivity index (χ1) is 10.1. The quantitative estimate of drug-likeness (QED) is 0.918. The largest absolute Gasteiger partial charge is 0.488 e. The monoisotopic (exact) mass is 285 g/mol. The molecule has 4 nitrogen and oxygen atoms in total. The average molecular weight is 285 g/mol. The molecule has 2 heterocycles. The van der Waals surface area contributed by atoms with Crippen LogP contribution in [0.3, 0.4) is 0 Å². The third-order valence-corrected chi connectivity index (χ3v) is 3.83. The molecule has 0 fully saturated rings. The van der Waals surface area contributed by atoms with Crippen molar-refractivity contribution in [2.24, 2.45) is 0 Å². The Hall–Kier alpha value is -1.81. The topological polar surface area (TPSA) is 39.1 Å². The summed E-state index contributed by atoms with van der Waals surface area (Å²) < 4.78 is 8.09. The fraction of sp³-hybridized carbons (Fsp3) is 0.471. The van der Waals surface area contributed by atoms with Gasteiger partial charge in [0.05, 0.1) is 12.2 Å². The Kier molecular flexibility index (Phi) is 3.97. The van der Waals surface area contributed by atoms with Gasteiger partial charge in [-0.05, 0) is 24.6 Å². The Labute approximate surface area is 126 Å². The Bertz CT molecular complexity index is 618. The van der Waals surface area contributed by atoms with Crippen LogP contribution in [0.4, 0.5) is 0 Å². The van der Waals surface area contributed by atoms with Crippen LogP contribution in [-0.2, 0) is 19.5 Å². The van der Waals surface area contributed by atoms with Gasteiger partial charge in [-0.3, -0.25) is 4.68 Å². The highest BCUT2D eigenvalue weighted by Crippen LogP contribution is 2.30. The lowest BCUT2D eigenvalue weighted by Gasteiger charge is -2.14. The second-order valence-corrected chi connectivity index (χ2v) is 6.10. The summed E-state index contributed by atoms with van der Waals surface area (Å²) in [5.74, 6) is 1.03. The van der Waals surface area contributed by atoms with Crippen LogP contribution < -0.4 is 10.1 Å². The molecule has 112 valence electrons. The molecule has 21 heavy (non-hydrogen) atoms. The molecule has 0 spiro atoms. The molecule has 1 atom stereocenters. The number of fused-ring (bicyclic) bond motifs is 1. The average Bonchev–Trinajstić information content (AvgIpc) is 3.02. The molecule has 3 rings (SSSR count). The molecule has 0 saturated carbocycles. The fourth-order valence-electron chi connectivity index (χ4n) is 2.73. The van der Waals surface area contributed by atoms with Gasteiger partial charge >= 0.3 is 0 Å². The maximum Gasteiger partial charge on any atom is 0.123 e. The fourth-order valence-corrected chi connectivity index (χ4v) is 2.73. The highest BCUT2D eigenvalue weighted by atomic mass is 16.5. The minimum atomic E-state index is 0.180. The number of nitrogens with zero attached hydrogens (tertiary/aromatic N) is 2. The minimum Gasteiger partial charge on any atom is -0.488 e. The van der Waals surface area contributed by atoms with E-state index in [1.807, 2.05) is 6.20 Å². The first kappa shape index (κ1) is 14.1. The summed E-state index contributed by atoms with van der Waals surface area (Å²) in [6.07, 6.45) is 3.01. The minimum absolute atomic E-state index is 0.180. The third kappa shape index (κ3) is 3.27. The highest BCUT2D eigenvalue weighted by Gasteiger charge is 2.24. The zero-order valence-electron chi connectivity index (χ0n) is 13.0. The molecule has 1 aliphatic rings. The van der Waals surface area contributed by atoms with Crippen molar-refractivity contribution < 1.29 is 4.74 Å². The highest BCUT2D eigenvalue weighted by molar-refractivity contribution is 5.40. The number of ether oxygens (including phenoxy) is 1. The van der Waals surface area contributed by atoms with Gasteiger partial charge < -0.3 is 10.1 Å². The Morgan fingerprint density at radius 2 is 2.24 bits per heavy atom. The lowest BCUT2D eigenvalue weighted by atomic mass is 10.1. The van der Waals surface area contributed by atoms with Gasteiger partial charge in [-0.25, -0.2) is 0 Å². The van der Waals surface area contributed by atoms with Crippen LogP contribution in [0, 0.1) is 6.92 Å². The van der Waals surface area contributed by atoms with E-state index in [-0.39, 0.29) is 6.10 Å². The number of aromatic nitrogens is 2.